The summed E-state index contributed by atoms with van der Waals surface area (Å²) in [6.45, 7) is 6.64. The summed E-state index contributed by atoms with van der Waals surface area (Å²) in [5, 5.41) is 8.37. The van der Waals surface area contributed by atoms with Crippen LogP contribution >= 0.6 is 0 Å². The zero-order valence-corrected chi connectivity index (χ0v) is 8.39. The van der Waals surface area contributed by atoms with E-state index < -0.39 is 5.97 Å². The van der Waals surface area contributed by atoms with Crippen molar-refractivity contribution in [2.24, 2.45) is 5.41 Å². The van der Waals surface area contributed by atoms with E-state index >= 15 is 0 Å². The van der Waals surface area contributed by atoms with Gasteiger partial charge in [-0.15, -0.1) is 0 Å². The summed E-state index contributed by atoms with van der Waals surface area (Å²) >= 11 is 0. The molecule has 0 amide bonds. The molecule has 0 aliphatic rings. The van der Waals surface area contributed by atoms with E-state index in [0.29, 0.717) is 11.8 Å². The third kappa shape index (κ3) is 15.1. The predicted molar refractivity (Wildman–Crippen MR) is 60.1 cm³/mol. The molecule has 0 bridgehead atoms. The Balaban J connectivity index is 0. The molecule has 0 aromatic rings. The van der Waals surface area contributed by atoms with Crippen LogP contribution in [-0.4, -0.2) is 36.9 Å². The number of rotatable bonds is 5. The van der Waals surface area contributed by atoms with Crippen LogP contribution in [-0.2, 0) is 4.79 Å². The van der Waals surface area contributed by atoms with Crippen molar-refractivity contribution >= 4 is 31.8 Å². The Morgan fingerprint density at radius 3 is 2.08 bits per heavy atom. The van der Waals surface area contributed by atoms with Crippen LogP contribution in [0.4, 0.5) is 0 Å². The Morgan fingerprint density at radius 2 is 1.69 bits per heavy atom. The predicted octanol–water partition coefficient (Wildman–Crippen LogP) is 1.88. The van der Waals surface area contributed by atoms with Gasteiger partial charge in [-0.2, -0.15) is 0 Å². The number of hydrogen-bond acceptors (Lipinski definition) is 1. The van der Waals surface area contributed by atoms with Crippen LogP contribution in [0.3, 0.4) is 0 Å². The van der Waals surface area contributed by atoms with E-state index in [2.05, 4.69) is 20.8 Å². The summed E-state index contributed by atoms with van der Waals surface area (Å²) in [6, 6.07) is 0. The topological polar surface area (TPSA) is 37.3 Å². The Bertz CT molecular complexity index is 138. The molecule has 0 aromatic carbocycles. The fourth-order valence-electron chi connectivity index (χ4n) is 1.11. The molecule has 3 heteroatoms. The number of carboxylic acid groups (broad SMARTS) is 1. The summed E-state index contributed by atoms with van der Waals surface area (Å²) in [4.78, 5) is 10.2. The van der Waals surface area contributed by atoms with Gasteiger partial charge in [0, 0.05) is 6.42 Å². The number of hydrogen-bond donors (Lipinski definition) is 1. The van der Waals surface area contributed by atoms with Gasteiger partial charge in [-0.1, -0.05) is 33.6 Å². The van der Waals surface area contributed by atoms with E-state index in [4.69, 9.17) is 5.11 Å². The first-order chi connectivity index (χ1) is 5.42. The second-order valence-electron chi connectivity index (χ2n) is 4.52. The van der Waals surface area contributed by atoms with Gasteiger partial charge in [0.05, 0.1) is 0 Å². The van der Waals surface area contributed by atoms with Crippen LogP contribution in [0.2, 0.25) is 0 Å². The van der Waals surface area contributed by atoms with E-state index in [1.165, 1.54) is 6.42 Å². The molecule has 2 nitrogen and oxygen atoms in total. The van der Waals surface area contributed by atoms with Gasteiger partial charge in [0.2, 0.25) is 0 Å². The maximum atomic E-state index is 10.2. The fraction of sp³-hybridized carbons (Fsp3) is 0.900. The molecule has 0 aliphatic heterocycles. The van der Waals surface area contributed by atoms with E-state index in [0.717, 1.165) is 19.3 Å². The molecule has 0 atom stereocenters. The van der Waals surface area contributed by atoms with Crippen molar-refractivity contribution in [2.45, 2.75) is 52.9 Å². The molecule has 0 fully saturated rings. The average Bonchev–Trinajstić information content (AvgIpc) is 1.83. The van der Waals surface area contributed by atoms with Crippen LogP contribution in [0.1, 0.15) is 52.9 Å². The monoisotopic (exact) mass is 290 g/mol. The van der Waals surface area contributed by atoms with Gasteiger partial charge in [0.1, 0.15) is 0 Å². The van der Waals surface area contributed by atoms with Gasteiger partial charge >= 0.3 is 31.8 Å². The normalized spacial score (nSPS) is 10.7. The summed E-state index contributed by atoms with van der Waals surface area (Å²) < 4.78 is 0. The van der Waals surface area contributed by atoms with Crippen molar-refractivity contribution in [2.75, 3.05) is 0 Å². The van der Waals surface area contributed by atoms with Crippen molar-refractivity contribution < 1.29 is 9.90 Å². The zero-order chi connectivity index (χ0) is 9.61. The maximum absolute atomic E-state index is 10.2. The summed E-state index contributed by atoms with van der Waals surface area (Å²) in [7, 11) is 0. The third-order valence-electron chi connectivity index (χ3n) is 1.82. The van der Waals surface area contributed by atoms with Crippen LogP contribution in [0, 0.1) is 5.41 Å². The second-order valence-corrected chi connectivity index (χ2v) is 4.52. The van der Waals surface area contributed by atoms with Crippen LogP contribution in [0.5, 0.6) is 0 Å². The molecule has 0 unspecified atom stereocenters. The fourth-order valence-corrected chi connectivity index (χ4v) is 1.11. The Labute approximate surface area is 99.9 Å². The summed E-state index contributed by atoms with van der Waals surface area (Å²) in [5.74, 6) is -0.675. The third-order valence-corrected chi connectivity index (χ3v) is 1.82. The first kappa shape index (κ1) is 15.8. The van der Waals surface area contributed by atoms with Gasteiger partial charge in [-0.25, -0.2) is 0 Å². The van der Waals surface area contributed by atoms with Crippen molar-refractivity contribution in [1.29, 1.82) is 0 Å². The van der Waals surface area contributed by atoms with Crippen LogP contribution < -0.4 is 0 Å². The molecule has 0 rings (SSSR count). The molecular formula is C10H23InO2. The van der Waals surface area contributed by atoms with Gasteiger partial charge in [-0.3, -0.25) is 4.79 Å². The number of carboxylic acids is 1. The average molecular weight is 290 g/mol. The zero-order valence-electron chi connectivity index (χ0n) is 8.39. The molecule has 1 N–H and O–H groups in total. The molecule has 0 aliphatic carbocycles. The van der Waals surface area contributed by atoms with Gasteiger partial charge in [-0.05, 0) is 18.3 Å². The minimum absolute atomic E-state index is 0. The van der Waals surface area contributed by atoms with E-state index in [1.807, 2.05) is 0 Å². The molecule has 0 aromatic heterocycles. The quantitative estimate of drug-likeness (QED) is 0.785. The number of carbonyl (C=O) groups is 1. The van der Waals surface area contributed by atoms with Crippen molar-refractivity contribution in [3.63, 3.8) is 0 Å². The first-order valence-electron chi connectivity index (χ1n) is 4.63. The van der Waals surface area contributed by atoms with E-state index in [9.17, 15) is 4.79 Å². The molecule has 13 heavy (non-hydrogen) atoms. The van der Waals surface area contributed by atoms with Crippen molar-refractivity contribution in [1.82, 2.24) is 0 Å². The number of aliphatic carboxylic acids is 1. The Hall–Kier alpha value is 0.340. The Kier molecular flexibility index (Phi) is 9.38. The first-order valence-corrected chi connectivity index (χ1v) is 4.63. The second kappa shape index (κ2) is 7.72. The van der Waals surface area contributed by atoms with Gasteiger partial charge < -0.3 is 5.11 Å². The SMILES string of the molecule is CC(C)(C)CCCCCC(=O)O.[InH3]. The summed E-state index contributed by atoms with van der Waals surface area (Å²) in [5.41, 5.74) is 0.392. The molecule has 0 saturated carbocycles. The minimum atomic E-state index is -0.675. The molecule has 0 spiro atoms. The van der Waals surface area contributed by atoms with Crippen molar-refractivity contribution in [3.05, 3.63) is 0 Å². The molecular weight excluding hydrogens is 267 g/mol. The molecule has 0 saturated heterocycles. The molecule has 78 valence electrons. The number of unbranched alkanes of at least 4 members (excludes halogenated alkanes) is 2. The van der Waals surface area contributed by atoms with E-state index in [1.54, 1.807) is 0 Å². The summed E-state index contributed by atoms with van der Waals surface area (Å²) in [6.07, 6.45) is 4.53. The van der Waals surface area contributed by atoms with Crippen LogP contribution in [0.25, 0.3) is 0 Å². The van der Waals surface area contributed by atoms with Crippen molar-refractivity contribution in [3.8, 4) is 0 Å². The van der Waals surface area contributed by atoms with Gasteiger partial charge in [0.15, 0.2) is 0 Å². The molecule has 0 radical (unpaired) electrons. The van der Waals surface area contributed by atoms with E-state index in [-0.39, 0.29) is 25.8 Å². The standard InChI is InChI=1S/C10H20O2.In.3H/c1-10(2,3)8-6-4-5-7-9(11)12;;;;/h4-8H2,1-3H3,(H,11,12);;;;. The van der Waals surface area contributed by atoms with Crippen LogP contribution in [0.15, 0.2) is 0 Å². The van der Waals surface area contributed by atoms with Gasteiger partial charge in [0.25, 0.3) is 0 Å². The molecule has 0 heterocycles. The Morgan fingerprint density at radius 1 is 1.15 bits per heavy atom.